The molecule has 0 bridgehead atoms. The Kier molecular flexibility index (Phi) is 4.54. The molecule has 1 heterocycles. The topological polar surface area (TPSA) is 24.1 Å². The molecular formula is C17H18ClFN2. The summed E-state index contributed by atoms with van der Waals surface area (Å²) in [6.07, 6.45) is 1.07. The summed E-state index contributed by atoms with van der Waals surface area (Å²) in [6, 6.07) is 15.6. The summed E-state index contributed by atoms with van der Waals surface area (Å²) in [5, 5.41) is 7.54. The van der Waals surface area contributed by atoms with Crippen LogP contribution < -0.4 is 10.6 Å². The fourth-order valence-corrected chi connectivity index (χ4v) is 3.07. The highest BCUT2D eigenvalue weighted by atomic mass is 35.5. The summed E-state index contributed by atoms with van der Waals surface area (Å²) < 4.78 is 13.1. The van der Waals surface area contributed by atoms with Crippen LogP contribution in [-0.4, -0.2) is 12.6 Å². The lowest BCUT2D eigenvalue weighted by Crippen LogP contribution is -2.34. The van der Waals surface area contributed by atoms with Gasteiger partial charge in [-0.15, -0.1) is 0 Å². The molecule has 4 heteroatoms. The van der Waals surface area contributed by atoms with Crippen molar-refractivity contribution in [3.05, 3.63) is 70.5 Å². The van der Waals surface area contributed by atoms with Crippen molar-refractivity contribution in [2.75, 3.05) is 6.54 Å². The first-order valence-electron chi connectivity index (χ1n) is 7.19. The van der Waals surface area contributed by atoms with Crippen molar-refractivity contribution in [2.45, 2.75) is 25.0 Å². The number of rotatable bonds is 4. The normalized spacial score (nSPS) is 21.6. The molecule has 0 amide bonds. The highest BCUT2D eigenvalue weighted by molar-refractivity contribution is 6.31. The van der Waals surface area contributed by atoms with E-state index in [-0.39, 0.29) is 5.82 Å². The molecule has 0 aliphatic carbocycles. The summed E-state index contributed by atoms with van der Waals surface area (Å²) in [4.78, 5) is 0. The van der Waals surface area contributed by atoms with Crippen molar-refractivity contribution in [1.29, 1.82) is 0 Å². The Morgan fingerprint density at radius 2 is 2.00 bits per heavy atom. The van der Waals surface area contributed by atoms with E-state index in [4.69, 9.17) is 11.6 Å². The molecule has 2 unspecified atom stereocenters. The standard InChI is InChI=1S/C17H18ClFN2/c18-15-10-14(19)7-6-13(15)11-21-16-8-9-20-17(16)12-4-2-1-3-5-12/h1-7,10,16-17,20-21H,8-9,11H2. The first kappa shape index (κ1) is 14.5. The van der Waals surface area contributed by atoms with Gasteiger partial charge in [-0.25, -0.2) is 4.39 Å². The zero-order valence-corrected chi connectivity index (χ0v) is 12.4. The molecule has 3 rings (SSSR count). The maximum atomic E-state index is 13.1. The van der Waals surface area contributed by atoms with E-state index in [0.29, 0.717) is 23.7 Å². The fraction of sp³-hybridized carbons (Fsp3) is 0.294. The molecule has 2 N–H and O–H groups in total. The minimum absolute atomic E-state index is 0.298. The van der Waals surface area contributed by atoms with E-state index in [1.807, 2.05) is 6.07 Å². The van der Waals surface area contributed by atoms with Gasteiger partial charge in [0.1, 0.15) is 5.82 Å². The van der Waals surface area contributed by atoms with E-state index in [1.54, 1.807) is 6.07 Å². The Balaban J connectivity index is 1.67. The molecular weight excluding hydrogens is 287 g/mol. The van der Waals surface area contributed by atoms with Gasteiger partial charge in [-0.2, -0.15) is 0 Å². The molecule has 1 aliphatic heterocycles. The summed E-state index contributed by atoms with van der Waals surface area (Å²) in [7, 11) is 0. The molecule has 2 aromatic rings. The van der Waals surface area contributed by atoms with E-state index >= 15 is 0 Å². The first-order chi connectivity index (χ1) is 10.2. The Bertz CT molecular complexity index is 603. The third-order valence-electron chi connectivity index (χ3n) is 3.95. The first-order valence-corrected chi connectivity index (χ1v) is 7.57. The number of hydrogen-bond donors (Lipinski definition) is 2. The molecule has 1 aliphatic rings. The van der Waals surface area contributed by atoms with Crippen LogP contribution in [0.25, 0.3) is 0 Å². The highest BCUT2D eigenvalue weighted by Gasteiger charge is 2.27. The van der Waals surface area contributed by atoms with Gasteiger partial charge in [0.2, 0.25) is 0 Å². The van der Waals surface area contributed by atoms with Crippen LogP contribution in [0.4, 0.5) is 4.39 Å². The quantitative estimate of drug-likeness (QED) is 0.900. The van der Waals surface area contributed by atoms with Gasteiger partial charge in [0.15, 0.2) is 0 Å². The summed E-state index contributed by atoms with van der Waals surface area (Å²) in [5.41, 5.74) is 2.22. The molecule has 21 heavy (non-hydrogen) atoms. The predicted molar refractivity (Wildman–Crippen MR) is 83.8 cm³/mol. The second kappa shape index (κ2) is 6.56. The van der Waals surface area contributed by atoms with E-state index in [9.17, 15) is 4.39 Å². The lowest BCUT2D eigenvalue weighted by atomic mass is 10.0. The zero-order valence-electron chi connectivity index (χ0n) is 11.7. The van der Waals surface area contributed by atoms with E-state index in [1.165, 1.54) is 17.7 Å². The van der Waals surface area contributed by atoms with E-state index in [0.717, 1.165) is 18.5 Å². The molecule has 1 fully saturated rings. The maximum Gasteiger partial charge on any atom is 0.124 e. The average molecular weight is 305 g/mol. The number of hydrogen-bond acceptors (Lipinski definition) is 2. The molecule has 2 nitrogen and oxygen atoms in total. The van der Waals surface area contributed by atoms with Crippen LogP contribution in [0.1, 0.15) is 23.6 Å². The Morgan fingerprint density at radius 1 is 1.19 bits per heavy atom. The Labute approximate surface area is 129 Å². The monoisotopic (exact) mass is 304 g/mol. The van der Waals surface area contributed by atoms with Crippen LogP contribution in [0.5, 0.6) is 0 Å². The maximum absolute atomic E-state index is 13.1. The molecule has 2 aromatic carbocycles. The largest absolute Gasteiger partial charge is 0.309 e. The third kappa shape index (κ3) is 3.43. The summed E-state index contributed by atoms with van der Waals surface area (Å²) in [6.45, 7) is 1.64. The average Bonchev–Trinajstić information content (AvgIpc) is 2.96. The molecule has 0 aromatic heterocycles. The number of benzene rings is 2. The second-order valence-electron chi connectivity index (χ2n) is 5.35. The molecule has 110 valence electrons. The SMILES string of the molecule is Fc1ccc(CNC2CCNC2c2ccccc2)c(Cl)c1. The summed E-state index contributed by atoms with van der Waals surface area (Å²) >= 11 is 6.07. The Morgan fingerprint density at radius 3 is 2.76 bits per heavy atom. The fourth-order valence-electron chi connectivity index (χ4n) is 2.84. The minimum atomic E-state index is -0.298. The molecule has 2 atom stereocenters. The third-order valence-corrected chi connectivity index (χ3v) is 4.30. The number of halogens is 2. The Hall–Kier alpha value is -1.42. The van der Waals surface area contributed by atoms with Crippen LogP contribution >= 0.6 is 11.6 Å². The van der Waals surface area contributed by atoms with Gasteiger partial charge in [0, 0.05) is 23.7 Å². The van der Waals surface area contributed by atoms with Gasteiger partial charge in [-0.05, 0) is 36.2 Å². The molecule has 1 saturated heterocycles. The van der Waals surface area contributed by atoms with E-state index < -0.39 is 0 Å². The van der Waals surface area contributed by atoms with Crippen LogP contribution in [0, 0.1) is 5.82 Å². The number of nitrogens with one attached hydrogen (secondary N) is 2. The van der Waals surface area contributed by atoms with Crippen LogP contribution in [0.3, 0.4) is 0 Å². The van der Waals surface area contributed by atoms with Gasteiger partial charge in [0.25, 0.3) is 0 Å². The van der Waals surface area contributed by atoms with Crippen molar-refractivity contribution < 1.29 is 4.39 Å². The highest BCUT2D eigenvalue weighted by Crippen LogP contribution is 2.24. The molecule has 0 radical (unpaired) electrons. The predicted octanol–water partition coefficient (Wildman–Crippen LogP) is 3.67. The molecule has 0 spiro atoms. The van der Waals surface area contributed by atoms with Crippen molar-refractivity contribution >= 4 is 11.6 Å². The van der Waals surface area contributed by atoms with Crippen molar-refractivity contribution in [1.82, 2.24) is 10.6 Å². The van der Waals surface area contributed by atoms with Crippen molar-refractivity contribution in [2.24, 2.45) is 0 Å². The lowest BCUT2D eigenvalue weighted by molar-refractivity contribution is 0.461. The van der Waals surface area contributed by atoms with Crippen LogP contribution in [-0.2, 0) is 6.54 Å². The molecule has 0 saturated carbocycles. The van der Waals surface area contributed by atoms with Crippen LogP contribution in [0.15, 0.2) is 48.5 Å². The van der Waals surface area contributed by atoms with Crippen molar-refractivity contribution in [3.8, 4) is 0 Å². The van der Waals surface area contributed by atoms with Gasteiger partial charge in [-0.1, -0.05) is 48.0 Å². The minimum Gasteiger partial charge on any atom is -0.309 e. The van der Waals surface area contributed by atoms with E-state index in [2.05, 4.69) is 34.9 Å². The van der Waals surface area contributed by atoms with Crippen LogP contribution in [0.2, 0.25) is 5.02 Å². The zero-order chi connectivity index (χ0) is 14.7. The second-order valence-corrected chi connectivity index (χ2v) is 5.76. The van der Waals surface area contributed by atoms with Gasteiger partial charge in [-0.3, -0.25) is 0 Å². The lowest BCUT2D eigenvalue weighted by Gasteiger charge is -2.21. The van der Waals surface area contributed by atoms with Gasteiger partial charge in [0.05, 0.1) is 0 Å². The van der Waals surface area contributed by atoms with Gasteiger partial charge >= 0.3 is 0 Å². The van der Waals surface area contributed by atoms with Crippen molar-refractivity contribution in [3.63, 3.8) is 0 Å². The summed E-state index contributed by atoms with van der Waals surface area (Å²) in [5.74, 6) is -0.298. The van der Waals surface area contributed by atoms with Gasteiger partial charge < -0.3 is 10.6 Å². The smallest absolute Gasteiger partial charge is 0.124 e.